The fraction of sp³-hybridized carbons (Fsp3) is 0.240. The molecule has 11 heteroatoms. The van der Waals surface area contributed by atoms with Crippen molar-refractivity contribution in [2.45, 2.75) is 6.92 Å². The quantitative estimate of drug-likeness (QED) is 0.255. The Bertz CT molecular complexity index is 1250. The number of anilines is 3. The third-order valence-corrected chi connectivity index (χ3v) is 6.03. The van der Waals surface area contributed by atoms with Gasteiger partial charge in [0.1, 0.15) is 11.4 Å². The summed E-state index contributed by atoms with van der Waals surface area (Å²) in [7, 11) is 0. The van der Waals surface area contributed by atoms with Gasteiger partial charge in [-0.3, -0.25) is 4.79 Å². The normalized spacial score (nSPS) is 13.6. The summed E-state index contributed by atoms with van der Waals surface area (Å²) in [5, 5.41) is 3.30. The third-order valence-electron chi connectivity index (χ3n) is 5.79. The van der Waals surface area contributed by atoms with Crippen LogP contribution in [0.15, 0.2) is 42.5 Å². The van der Waals surface area contributed by atoms with E-state index in [0.717, 1.165) is 16.2 Å². The van der Waals surface area contributed by atoms with Crippen molar-refractivity contribution >= 4 is 34.6 Å². The van der Waals surface area contributed by atoms with Crippen LogP contribution < -0.4 is 19.9 Å². The Morgan fingerprint density at radius 1 is 0.861 bits per heavy atom. The number of hydrogen-bond acceptors (Lipinski definition) is 4. The van der Waals surface area contributed by atoms with Gasteiger partial charge in [-0.15, -0.1) is 0 Å². The molecule has 1 aliphatic heterocycles. The second kappa shape index (κ2) is 10.6. The first-order valence-electron chi connectivity index (χ1n) is 11.0. The molecule has 0 bridgehead atoms. The zero-order valence-corrected chi connectivity index (χ0v) is 19.8. The summed E-state index contributed by atoms with van der Waals surface area (Å²) in [6, 6.07) is 12.0. The predicted molar refractivity (Wildman–Crippen MR) is 127 cm³/mol. The van der Waals surface area contributed by atoms with Crippen LogP contribution in [-0.2, 0) is 4.79 Å². The second-order valence-corrected chi connectivity index (χ2v) is 8.62. The van der Waals surface area contributed by atoms with Gasteiger partial charge in [0.15, 0.2) is 29.9 Å². The fourth-order valence-electron chi connectivity index (χ4n) is 3.93. The van der Waals surface area contributed by atoms with Crippen LogP contribution in [0.1, 0.15) is 5.56 Å². The van der Waals surface area contributed by atoms with Crippen LogP contribution in [0.2, 0.25) is 5.02 Å². The minimum absolute atomic E-state index is 0.0539. The molecule has 36 heavy (non-hydrogen) atoms. The monoisotopic (exact) mass is 525 g/mol. The van der Waals surface area contributed by atoms with Crippen LogP contribution >= 0.6 is 11.6 Å². The van der Waals surface area contributed by atoms with Gasteiger partial charge < -0.3 is 19.9 Å². The van der Waals surface area contributed by atoms with Gasteiger partial charge in [-0.25, -0.2) is 22.0 Å². The molecule has 1 heterocycles. The number of nitrogens with one attached hydrogen (secondary N) is 1. The maximum atomic E-state index is 14.1. The summed E-state index contributed by atoms with van der Waals surface area (Å²) < 4.78 is 74.2. The van der Waals surface area contributed by atoms with Crippen molar-refractivity contribution in [1.29, 1.82) is 0 Å². The van der Waals surface area contributed by atoms with E-state index in [1.54, 1.807) is 42.5 Å². The van der Waals surface area contributed by atoms with E-state index in [-0.39, 0.29) is 25.6 Å². The number of benzene rings is 3. The molecular weight excluding hydrogens is 505 g/mol. The van der Waals surface area contributed by atoms with Gasteiger partial charge in [-0.1, -0.05) is 11.6 Å². The first-order valence-corrected chi connectivity index (χ1v) is 11.3. The standard InChI is InChI=1S/C25H21ClF5N3O2/c1-14-12-15(26)2-7-18(14)36-13-19(35)32-16-3-5-17(6-4-16)33-8-10-34(11-9-33)25-23(30)21(28)20(27)22(29)24(25)31/h2-7,12H,8-11,13H2,1H3,(H,32,35). The van der Waals surface area contributed by atoms with Crippen LogP contribution in [-0.4, -0.2) is 38.7 Å². The number of amides is 1. The van der Waals surface area contributed by atoms with E-state index in [0.29, 0.717) is 29.5 Å². The number of aryl methyl sites for hydroxylation is 1. The molecule has 0 aromatic heterocycles. The van der Waals surface area contributed by atoms with E-state index in [9.17, 15) is 26.7 Å². The molecule has 0 unspecified atom stereocenters. The Morgan fingerprint density at radius 3 is 2.00 bits per heavy atom. The Morgan fingerprint density at radius 2 is 1.42 bits per heavy atom. The van der Waals surface area contributed by atoms with Crippen molar-refractivity contribution in [3.63, 3.8) is 0 Å². The molecule has 5 nitrogen and oxygen atoms in total. The molecule has 1 aliphatic rings. The van der Waals surface area contributed by atoms with Crippen molar-refractivity contribution in [3.8, 4) is 5.75 Å². The number of carbonyl (C=O) groups is 1. The van der Waals surface area contributed by atoms with Gasteiger partial charge in [0.05, 0.1) is 0 Å². The van der Waals surface area contributed by atoms with Gasteiger partial charge in [0, 0.05) is 42.6 Å². The van der Waals surface area contributed by atoms with Crippen LogP contribution in [0.5, 0.6) is 5.75 Å². The average Bonchev–Trinajstić information content (AvgIpc) is 2.87. The highest BCUT2D eigenvalue weighted by Gasteiger charge is 2.30. The lowest BCUT2D eigenvalue weighted by molar-refractivity contribution is -0.118. The summed E-state index contributed by atoms with van der Waals surface area (Å²) in [4.78, 5) is 15.3. The zero-order chi connectivity index (χ0) is 26.0. The maximum Gasteiger partial charge on any atom is 0.262 e. The van der Waals surface area contributed by atoms with E-state index >= 15 is 0 Å². The minimum Gasteiger partial charge on any atom is -0.483 e. The van der Waals surface area contributed by atoms with Crippen molar-refractivity contribution in [2.75, 3.05) is 47.9 Å². The lowest BCUT2D eigenvalue weighted by Crippen LogP contribution is -2.47. The number of halogens is 6. The molecule has 0 radical (unpaired) electrons. The molecule has 4 rings (SSSR count). The number of nitrogens with zero attached hydrogens (tertiary/aromatic N) is 2. The summed E-state index contributed by atoms with van der Waals surface area (Å²) in [5.41, 5.74) is 1.21. The minimum atomic E-state index is -2.17. The van der Waals surface area contributed by atoms with Crippen molar-refractivity contribution < 1.29 is 31.5 Å². The first kappa shape index (κ1) is 25.6. The van der Waals surface area contributed by atoms with E-state index in [2.05, 4.69) is 5.32 Å². The van der Waals surface area contributed by atoms with Gasteiger partial charge >= 0.3 is 0 Å². The summed E-state index contributed by atoms with van der Waals surface area (Å²) in [6.07, 6.45) is 0. The number of ether oxygens (including phenoxy) is 1. The highest BCUT2D eigenvalue weighted by Crippen LogP contribution is 2.31. The molecular formula is C25H21ClF5N3O2. The molecule has 1 saturated heterocycles. The number of rotatable bonds is 6. The lowest BCUT2D eigenvalue weighted by atomic mass is 10.2. The van der Waals surface area contributed by atoms with Gasteiger partial charge in [-0.2, -0.15) is 0 Å². The van der Waals surface area contributed by atoms with Gasteiger partial charge in [-0.05, 0) is 55.0 Å². The molecule has 1 amide bonds. The second-order valence-electron chi connectivity index (χ2n) is 8.19. The van der Waals surface area contributed by atoms with Crippen molar-refractivity contribution in [2.24, 2.45) is 0 Å². The number of piperazine rings is 1. The van der Waals surface area contributed by atoms with E-state index in [4.69, 9.17) is 16.3 Å². The Balaban J connectivity index is 1.33. The zero-order valence-electron chi connectivity index (χ0n) is 19.1. The molecule has 190 valence electrons. The van der Waals surface area contributed by atoms with E-state index in [1.807, 2.05) is 11.8 Å². The average molecular weight is 526 g/mol. The third kappa shape index (κ3) is 5.33. The van der Waals surface area contributed by atoms with Crippen molar-refractivity contribution in [1.82, 2.24) is 0 Å². The SMILES string of the molecule is Cc1cc(Cl)ccc1OCC(=O)Nc1ccc(N2CCN(c3c(F)c(F)c(F)c(F)c3F)CC2)cc1. The predicted octanol–water partition coefficient (Wildman–Crippen LogP) is 5.69. The summed E-state index contributed by atoms with van der Waals surface area (Å²) in [6.45, 7) is 2.32. The molecule has 0 spiro atoms. The Kier molecular flexibility index (Phi) is 7.53. The highest BCUT2D eigenvalue weighted by atomic mass is 35.5. The molecule has 0 aliphatic carbocycles. The Hall–Kier alpha value is -3.53. The smallest absolute Gasteiger partial charge is 0.262 e. The molecule has 0 atom stereocenters. The van der Waals surface area contributed by atoms with E-state index in [1.165, 1.54) is 0 Å². The van der Waals surface area contributed by atoms with Crippen molar-refractivity contribution in [3.05, 3.63) is 82.1 Å². The van der Waals surface area contributed by atoms with Crippen LogP contribution in [0.4, 0.5) is 39.0 Å². The number of carbonyl (C=O) groups excluding carboxylic acids is 1. The maximum absolute atomic E-state index is 14.1. The Labute approximate surface area is 209 Å². The summed E-state index contributed by atoms with van der Waals surface area (Å²) >= 11 is 5.91. The number of hydrogen-bond donors (Lipinski definition) is 1. The molecule has 3 aromatic rings. The van der Waals surface area contributed by atoms with E-state index < -0.39 is 34.8 Å². The fourth-order valence-corrected chi connectivity index (χ4v) is 4.16. The van der Waals surface area contributed by atoms with Crippen LogP contribution in [0, 0.1) is 36.0 Å². The largest absolute Gasteiger partial charge is 0.483 e. The molecule has 1 N–H and O–H groups in total. The van der Waals surface area contributed by atoms with Crippen LogP contribution in [0.25, 0.3) is 0 Å². The van der Waals surface area contributed by atoms with Gasteiger partial charge in [0.25, 0.3) is 5.91 Å². The molecule has 0 saturated carbocycles. The highest BCUT2D eigenvalue weighted by molar-refractivity contribution is 6.30. The van der Waals surface area contributed by atoms with Gasteiger partial charge in [0.2, 0.25) is 5.82 Å². The topological polar surface area (TPSA) is 44.8 Å². The lowest BCUT2D eigenvalue weighted by Gasteiger charge is -2.37. The first-order chi connectivity index (χ1) is 17.2. The molecule has 3 aromatic carbocycles. The molecule has 1 fully saturated rings. The van der Waals surface area contributed by atoms with Crippen LogP contribution in [0.3, 0.4) is 0 Å². The summed E-state index contributed by atoms with van der Waals surface area (Å²) in [5.74, 6) is -9.57.